The number of methoxy groups -OCH3 is 1. The van der Waals surface area contributed by atoms with Crippen LogP contribution in [-0.4, -0.2) is 35.2 Å². The smallest absolute Gasteiger partial charge is 0.497 e. The van der Waals surface area contributed by atoms with Gasteiger partial charge in [-0.25, -0.2) is 4.79 Å². The summed E-state index contributed by atoms with van der Waals surface area (Å²) < 4.78 is 55.6. The number of aliphatic carboxylic acids is 1. The monoisotopic (exact) mass is 499 g/mol. The van der Waals surface area contributed by atoms with Crippen molar-refractivity contribution in [3.05, 3.63) is 83.6 Å². The Morgan fingerprint density at radius 3 is 2.33 bits per heavy atom. The molecule has 3 aromatic carbocycles. The van der Waals surface area contributed by atoms with E-state index in [1.807, 2.05) is 41.8 Å². The molecule has 4 aromatic rings. The Labute approximate surface area is 205 Å². The number of fused-ring (bicyclic) bond motifs is 1. The Kier molecular flexibility index (Phi) is 6.83. The van der Waals surface area contributed by atoms with Crippen molar-refractivity contribution in [1.29, 1.82) is 0 Å². The molecule has 9 heteroatoms. The number of carboxylic acids is 1. The summed E-state index contributed by atoms with van der Waals surface area (Å²) >= 11 is 0. The third-order valence-electron chi connectivity index (χ3n) is 5.81. The molecule has 36 heavy (non-hydrogen) atoms. The van der Waals surface area contributed by atoms with E-state index in [-0.39, 0.29) is 5.75 Å². The molecule has 0 aliphatic rings. The van der Waals surface area contributed by atoms with E-state index >= 15 is 0 Å². The molecule has 4 rings (SSSR count). The topological polar surface area (TPSA) is 69.9 Å². The number of rotatable bonds is 8. The number of carboxylic acid groups (broad SMARTS) is 1. The number of hydrogen-bond acceptors (Lipinski definition) is 4. The van der Waals surface area contributed by atoms with E-state index in [0.29, 0.717) is 28.8 Å². The lowest BCUT2D eigenvalue weighted by molar-refractivity contribution is -0.274. The normalized spacial score (nSPS) is 12.4. The summed E-state index contributed by atoms with van der Waals surface area (Å²) in [7, 11) is 1.57. The molecule has 0 spiro atoms. The van der Waals surface area contributed by atoms with Crippen molar-refractivity contribution in [2.75, 3.05) is 7.11 Å². The fraction of sp³-hybridized carbons (Fsp3) is 0.222. The molecule has 6 nitrogen and oxygen atoms in total. The fourth-order valence-corrected chi connectivity index (χ4v) is 4.13. The molecule has 1 aromatic heterocycles. The molecule has 0 saturated carbocycles. The van der Waals surface area contributed by atoms with E-state index in [1.165, 1.54) is 19.1 Å². The van der Waals surface area contributed by atoms with Crippen molar-refractivity contribution in [1.82, 2.24) is 4.57 Å². The van der Waals surface area contributed by atoms with Gasteiger partial charge in [0, 0.05) is 16.8 Å². The van der Waals surface area contributed by atoms with Crippen LogP contribution in [0.1, 0.15) is 23.7 Å². The van der Waals surface area contributed by atoms with Crippen molar-refractivity contribution in [3.8, 4) is 22.9 Å². The van der Waals surface area contributed by atoms with E-state index in [4.69, 9.17) is 14.6 Å². The summed E-state index contributed by atoms with van der Waals surface area (Å²) in [6.07, 6.45) is -5.46. The second-order valence-corrected chi connectivity index (χ2v) is 8.25. The minimum Gasteiger partial charge on any atom is -0.497 e. The molecule has 0 fully saturated rings. The van der Waals surface area contributed by atoms with Crippen molar-refractivity contribution in [2.24, 2.45) is 0 Å². The van der Waals surface area contributed by atoms with Gasteiger partial charge in [-0.1, -0.05) is 12.1 Å². The van der Waals surface area contributed by atoms with Gasteiger partial charge in [-0.15, -0.1) is 13.2 Å². The minimum atomic E-state index is -4.81. The molecule has 0 aliphatic heterocycles. The Bertz CT molecular complexity index is 1390. The molecule has 1 atom stereocenters. The molecule has 0 amide bonds. The van der Waals surface area contributed by atoms with Gasteiger partial charge in [0.2, 0.25) is 0 Å². The van der Waals surface area contributed by atoms with Gasteiger partial charge in [0.05, 0.1) is 12.6 Å². The highest BCUT2D eigenvalue weighted by molar-refractivity contribution is 5.89. The highest BCUT2D eigenvalue weighted by Gasteiger charge is 2.31. The van der Waals surface area contributed by atoms with Crippen LogP contribution in [0.3, 0.4) is 0 Å². The van der Waals surface area contributed by atoms with E-state index < -0.39 is 18.4 Å². The Morgan fingerprint density at radius 1 is 1.00 bits per heavy atom. The molecule has 188 valence electrons. The second-order valence-electron chi connectivity index (χ2n) is 8.25. The summed E-state index contributed by atoms with van der Waals surface area (Å²) in [5, 5.41) is 9.73. The molecule has 1 N–H and O–H groups in total. The number of ether oxygens (including phenoxy) is 3. The number of halogens is 3. The maximum absolute atomic E-state index is 12.9. The van der Waals surface area contributed by atoms with Gasteiger partial charge in [0.1, 0.15) is 17.2 Å². The molecule has 0 unspecified atom stereocenters. The first-order chi connectivity index (χ1) is 17.1. The van der Waals surface area contributed by atoms with Crippen molar-refractivity contribution < 1.29 is 37.3 Å². The summed E-state index contributed by atoms with van der Waals surface area (Å²) in [5.41, 5.74) is 3.99. The zero-order chi connectivity index (χ0) is 26.0. The standard InChI is InChI=1S/C27H24F3NO5/c1-16-23(14-18-5-4-6-21(13-18)35-17(2)26(32)33)24-15-22(36-27(28,29)30)11-12-25(24)31(16)19-7-9-20(34-3)10-8-19/h4-13,15,17H,14H2,1-3H3,(H,32,33)/t17-/m0/s1. The largest absolute Gasteiger partial charge is 0.573 e. The highest BCUT2D eigenvalue weighted by Crippen LogP contribution is 2.35. The first kappa shape index (κ1) is 25.0. The van der Waals surface area contributed by atoms with Gasteiger partial charge in [-0.3, -0.25) is 0 Å². The van der Waals surface area contributed by atoms with Gasteiger partial charge in [-0.2, -0.15) is 0 Å². The first-order valence-corrected chi connectivity index (χ1v) is 11.1. The SMILES string of the molecule is COc1ccc(-n2c(C)c(Cc3cccc(O[C@@H](C)C(=O)O)c3)c3cc(OC(F)(F)F)ccc32)cc1. The van der Waals surface area contributed by atoms with Crippen LogP contribution in [0.4, 0.5) is 13.2 Å². The average molecular weight is 499 g/mol. The average Bonchev–Trinajstić information content (AvgIpc) is 3.09. The maximum Gasteiger partial charge on any atom is 0.573 e. The minimum absolute atomic E-state index is 0.310. The van der Waals surface area contributed by atoms with Crippen LogP contribution in [0, 0.1) is 6.92 Å². The van der Waals surface area contributed by atoms with E-state index in [1.54, 1.807) is 31.4 Å². The molecule has 0 bridgehead atoms. The quantitative estimate of drug-likeness (QED) is 0.309. The molecular weight excluding hydrogens is 475 g/mol. The Morgan fingerprint density at radius 2 is 1.69 bits per heavy atom. The number of nitrogens with zero attached hydrogens (tertiary/aromatic N) is 1. The van der Waals surface area contributed by atoms with E-state index in [2.05, 4.69) is 4.74 Å². The first-order valence-electron chi connectivity index (χ1n) is 11.1. The maximum atomic E-state index is 12.9. The molecule has 0 saturated heterocycles. The van der Waals surface area contributed by atoms with Crippen molar-refractivity contribution in [2.45, 2.75) is 32.7 Å². The summed E-state index contributed by atoms with van der Waals surface area (Å²) in [6.45, 7) is 3.33. The lowest BCUT2D eigenvalue weighted by atomic mass is 10.0. The number of carbonyl (C=O) groups is 1. The lowest BCUT2D eigenvalue weighted by Crippen LogP contribution is -2.22. The fourth-order valence-electron chi connectivity index (χ4n) is 4.13. The van der Waals surface area contributed by atoms with Gasteiger partial charge >= 0.3 is 12.3 Å². The van der Waals surface area contributed by atoms with Gasteiger partial charge in [0.15, 0.2) is 6.10 Å². The van der Waals surface area contributed by atoms with E-state index in [9.17, 15) is 18.0 Å². The molecule has 0 radical (unpaired) electrons. The summed E-state index contributed by atoms with van der Waals surface area (Å²) in [6, 6.07) is 18.6. The summed E-state index contributed by atoms with van der Waals surface area (Å²) in [4.78, 5) is 11.2. The van der Waals surface area contributed by atoms with Crippen LogP contribution in [0.15, 0.2) is 66.7 Å². The zero-order valence-electron chi connectivity index (χ0n) is 19.8. The third kappa shape index (κ3) is 5.40. The number of hydrogen-bond donors (Lipinski definition) is 1. The number of benzene rings is 3. The zero-order valence-corrected chi connectivity index (χ0v) is 19.8. The summed E-state index contributed by atoms with van der Waals surface area (Å²) in [5.74, 6) is -0.326. The van der Waals surface area contributed by atoms with Crippen LogP contribution in [0.5, 0.6) is 17.2 Å². The van der Waals surface area contributed by atoms with Crippen LogP contribution in [0.2, 0.25) is 0 Å². The molecular formula is C27H24F3NO5. The van der Waals surface area contributed by atoms with Crippen LogP contribution >= 0.6 is 0 Å². The molecule has 1 heterocycles. The number of alkyl halides is 3. The predicted molar refractivity (Wildman–Crippen MR) is 128 cm³/mol. The second kappa shape index (κ2) is 9.85. The van der Waals surface area contributed by atoms with Gasteiger partial charge in [-0.05, 0) is 86.0 Å². The van der Waals surface area contributed by atoms with Crippen LogP contribution in [-0.2, 0) is 11.2 Å². The highest BCUT2D eigenvalue weighted by atomic mass is 19.4. The van der Waals surface area contributed by atoms with Crippen molar-refractivity contribution >= 4 is 16.9 Å². The van der Waals surface area contributed by atoms with Crippen LogP contribution < -0.4 is 14.2 Å². The predicted octanol–water partition coefficient (Wildman–Crippen LogP) is 6.29. The van der Waals surface area contributed by atoms with E-state index in [0.717, 1.165) is 22.5 Å². The third-order valence-corrected chi connectivity index (χ3v) is 5.81. The van der Waals surface area contributed by atoms with Crippen LogP contribution in [0.25, 0.3) is 16.6 Å². The Hall–Kier alpha value is -4.14. The number of aromatic nitrogens is 1. The lowest BCUT2D eigenvalue weighted by Gasteiger charge is -2.12. The molecule has 0 aliphatic carbocycles. The Balaban J connectivity index is 1.81. The van der Waals surface area contributed by atoms with Gasteiger partial charge < -0.3 is 23.9 Å². The van der Waals surface area contributed by atoms with Crippen molar-refractivity contribution in [3.63, 3.8) is 0 Å². The van der Waals surface area contributed by atoms with Gasteiger partial charge in [0.25, 0.3) is 0 Å².